The molecule has 3 nitrogen and oxygen atoms in total. The first-order valence-electron chi connectivity index (χ1n) is 6.21. The highest BCUT2D eigenvalue weighted by molar-refractivity contribution is 5.80. The molecule has 1 rings (SSSR count). The molecule has 0 spiro atoms. The molecule has 0 radical (unpaired) electrons. The van der Waals surface area contributed by atoms with Crippen LogP contribution < -0.4 is 5.73 Å². The lowest BCUT2D eigenvalue weighted by atomic mass is 10.1. The van der Waals surface area contributed by atoms with Gasteiger partial charge in [-0.2, -0.15) is 0 Å². The summed E-state index contributed by atoms with van der Waals surface area (Å²) in [5.74, 6) is -0.424. The number of primary amides is 1. The van der Waals surface area contributed by atoms with Gasteiger partial charge in [0.1, 0.15) is 0 Å². The smallest absolute Gasteiger partial charge is 0.251 e. The first-order valence-corrected chi connectivity index (χ1v) is 6.21. The molecule has 0 aromatic heterocycles. The Kier molecular flexibility index (Phi) is 6.33. The van der Waals surface area contributed by atoms with E-state index in [1.165, 1.54) is 12.8 Å². The Morgan fingerprint density at radius 3 is 2.53 bits per heavy atom. The van der Waals surface area contributed by atoms with Gasteiger partial charge in [-0.15, -0.1) is 0 Å². The third kappa shape index (κ3) is 5.00. The van der Waals surface area contributed by atoms with Crippen LogP contribution in [0.3, 0.4) is 0 Å². The summed E-state index contributed by atoms with van der Waals surface area (Å²) in [6, 6.07) is 9.39. The summed E-state index contributed by atoms with van der Waals surface area (Å²) in [6.07, 6.45) is 3.90. The summed E-state index contributed by atoms with van der Waals surface area (Å²) >= 11 is 0. The van der Waals surface area contributed by atoms with Crippen LogP contribution in [0.1, 0.15) is 44.3 Å². The van der Waals surface area contributed by atoms with E-state index >= 15 is 0 Å². The number of nitrogens with two attached hydrogens (primary N) is 1. The Morgan fingerprint density at radius 2 is 1.94 bits per heavy atom. The highest BCUT2D eigenvalue weighted by atomic mass is 16.5. The summed E-state index contributed by atoms with van der Waals surface area (Å²) in [5.41, 5.74) is 6.17. The van der Waals surface area contributed by atoms with E-state index < -0.39 is 12.0 Å². The van der Waals surface area contributed by atoms with Gasteiger partial charge in [0.2, 0.25) is 0 Å². The SMILES string of the molecule is CCCCCCOC(C(N)=O)c1ccccc1. The molecule has 3 heteroatoms. The molecule has 2 N–H and O–H groups in total. The molecule has 0 heterocycles. The molecule has 0 aliphatic heterocycles. The van der Waals surface area contributed by atoms with E-state index in [9.17, 15) is 4.79 Å². The standard InChI is InChI=1S/C14H21NO2/c1-2-3-4-8-11-17-13(14(15)16)12-9-6-5-7-10-12/h5-7,9-10,13H,2-4,8,11H2,1H3,(H2,15,16). The van der Waals surface area contributed by atoms with E-state index in [-0.39, 0.29) is 0 Å². The van der Waals surface area contributed by atoms with Gasteiger partial charge in [-0.25, -0.2) is 0 Å². The van der Waals surface area contributed by atoms with E-state index in [1.807, 2.05) is 30.3 Å². The highest BCUT2D eigenvalue weighted by Crippen LogP contribution is 2.17. The maximum Gasteiger partial charge on any atom is 0.251 e. The van der Waals surface area contributed by atoms with Gasteiger partial charge in [0, 0.05) is 6.61 Å². The number of ether oxygens (including phenoxy) is 1. The monoisotopic (exact) mass is 235 g/mol. The van der Waals surface area contributed by atoms with Gasteiger partial charge in [-0.05, 0) is 12.0 Å². The molecule has 94 valence electrons. The largest absolute Gasteiger partial charge is 0.367 e. The van der Waals surface area contributed by atoms with Crippen LogP contribution in [-0.2, 0) is 9.53 Å². The van der Waals surface area contributed by atoms with Crippen LogP contribution >= 0.6 is 0 Å². The second-order valence-corrected chi connectivity index (χ2v) is 4.12. The van der Waals surface area contributed by atoms with E-state index in [0.717, 1.165) is 18.4 Å². The Bertz CT molecular complexity index is 324. The van der Waals surface area contributed by atoms with Crippen LogP contribution in [0.25, 0.3) is 0 Å². The molecular weight excluding hydrogens is 214 g/mol. The maximum atomic E-state index is 11.3. The van der Waals surface area contributed by atoms with Crippen molar-refractivity contribution in [3.8, 4) is 0 Å². The van der Waals surface area contributed by atoms with Gasteiger partial charge in [0.25, 0.3) is 5.91 Å². The zero-order valence-electron chi connectivity index (χ0n) is 10.4. The van der Waals surface area contributed by atoms with Crippen molar-refractivity contribution in [2.45, 2.75) is 38.7 Å². The number of rotatable bonds is 8. The lowest BCUT2D eigenvalue weighted by molar-refractivity contribution is -0.130. The van der Waals surface area contributed by atoms with Crippen molar-refractivity contribution in [3.63, 3.8) is 0 Å². The van der Waals surface area contributed by atoms with Crippen molar-refractivity contribution < 1.29 is 9.53 Å². The van der Waals surface area contributed by atoms with Gasteiger partial charge >= 0.3 is 0 Å². The fourth-order valence-electron chi connectivity index (χ4n) is 1.70. The molecule has 17 heavy (non-hydrogen) atoms. The molecule has 1 atom stereocenters. The van der Waals surface area contributed by atoms with Gasteiger partial charge in [-0.3, -0.25) is 4.79 Å². The number of carbonyl (C=O) groups is 1. The van der Waals surface area contributed by atoms with Gasteiger partial charge in [-0.1, -0.05) is 56.5 Å². The Hall–Kier alpha value is -1.35. The van der Waals surface area contributed by atoms with Crippen LogP contribution in [0.5, 0.6) is 0 Å². The Labute approximate surface area is 103 Å². The lowest BCUT2D eigenvalue weighted by Gasteiger charge is -2.14. The Balaban J connectivity index is 2.42. The Morgan fingerprint density at radius 1 is 1.24 bits per heavy atom. The quantitative estimate of drug-likeness (QED) is 0.704. The predicted octanol–water partition coefficient (Wildman–Crippen LogP) is 2.81. The molecule has 1 unspecified atom stereocenters. The summed E-state index contributed by atoms with van der Waals surface area (Å²) in [7, 11) is 0. The zero-order chi connectivity index (χ0) is 12.5. The minimum absolute atomic E-state index is 0.424. The van der Waals surface area contributed by atoms with Crippen molar-refractivity contribution in [2.75, 3.05) is 6.61 Å². The molecule has 0 aliphatic rings. The molecular formula is C14H21NO2. The van der Waals surface area contributed by atoms with E-state index in [1.54, 1.807) is 0 Å². The fourth-order valence-corrected chi connectivity index (χ4v) is 1.70. The number of amides is 1. The lowest BCUT2D eigenvalue weighted by Crippen LogP contribution is -2.24. The zero-order valence-corrected chi connectivity index (χ0v) is 10.4. The van der Waals surface area contributed by atoms with E-state index in [0.29, 0.717) is 6.61 Å². The van der Waals surface area contributed by atoms with Crippen LogP contribution in [-0.4, -0.2) is 12.5 Å². The third-order valence-electron chi connectivity index (χ3n) is 2.64. The minimum atomic E-state index is -0.613. The molecule has 0 saturated heterocycles. The number of hydrogen-bond donors (Lipinski definition) is 1. The molecule has 0 bridgehead atoms. The summed E-state index contributed by atoms with van der Waals surface area (Å²) in [5, 5.41) is 0. The third-order valence-corrected chi connectivity index (χ3v) is 2.64. The second-order valence-electron chi connectivity index (χ2n) is 4.12. The van der Waals surface area contributed by atoms with Gasteiger partial charge in [0.15, 0.2) is 6.10 Å². The molecule has 1 aromatic carbocycles. The van der Waals surface area contributed by atoms with Gasteiger partial charge < -0.3 is 10.5 Å². The van der Waals surface area contributed by atoms with Crippen LogP contribution in [0, 0.1) is 0 Å². The van der Waals surface area contributed by atoms with Crippen molar-refractivity contribution in [1.82, 2.24) is 0 Å². The van der Waals surface area contributed by atoms with Crippen LogP contribution in [0.2, 0.25) is 0 Å². The normalized spacial score (nSPS) is 12.3. The van der Waals surface area contributed by atoms with E-state index in [4.69, 9.17) is 10.5 Å². The highest BCUT2D eigenvalue weighted by Gasteiger charge is 2.17. The fraction of sp³-hybridized carbons (Fsp3) is 0.500. The average molecular weight is 235 g/mol. The number of unbranched alkanes of at least 4 members (excludes halogenated alkanes) is 3. The number of benzene rings is 1. The van der Waals surface area contributed by atoms with Gasteiger partial charge in [0.05, 0.1) is 0 Å². The number of hydrogen-bond acceptors (Lipinski definition) is 2. The maximum absolute atomic E-state index is 11.3. The molecule has 0 fully saturated rings. The summed E-state index contributed by atoms with van der Waals surface area (Å²) < 4.78 is 5.56. The number of carbonyl (C=O) groups excluding carboxylic acids is 1. The van der Waals surface area contributed by atoms with Crippen molar-refractivity contribution in [1.29, 1.82) is 0 Å². The van der Waals surface area contributed by atoms with Crippen molar-refractivity contribution in [2.24, 2.45) is 5.73 Å². The topological polar surface area (TPSA) is 52.3 Å². The van der Waals surface area contributed by atoms with Crippen molar-refractivity contribution >= 4 is 5.91 Å². The van der Waals surface area contributed by atoms with Crippen molar-refractivity contribution in [3.05, 3.63) is 35.9 Å². The second kappa shape index (κ2) is 7.85. The summed E-state index contributed by atoms with van der Waals surface area (Å²) in [4.78, 5) is 11.3. The van der Waals surface area contributed by atoms with Crippen LogP contribution in [0.15, 0.2) is 30.3 Å². The predicted molar refractivity (Wildman–Crippen MR) is 68.5 cm³/mol. The van der Waals surface area contributed by atoms with Crippen LogP contribution in [0.4, 0.5) is 0 Å². The first-order chi connectivity index (χ1) is 8.25. The molecule has 0 saturated carbocycles. The molecule has 0 aliphatic carbocycles. The van der Waals surface area contributed by atoms with E-state index in [2.05, 4.69) is 6.92 Å². The minimum Gasteiger partial charge on any atom is -0.367 e. The first kappa shape index (κ1) is 13.7. The summed E-state index contributed by atoms with van der Waals surface area (Å²) in [6.45, 7) is 2.75. The molecule has 1 aromatic rings. The molecule has 1 amide bonds. The average Bonchev–Trinajstić information content (AvgIpc) is 2.34.